The first-order chi connectivity index (χ1) is 12.9. The van der Waals surface area contributed by atoms with E-state index in [1.807, 2.05) is 9.80 Å². The van der Waals surface area contributed by atoms with Crippen LogP contribution in [0.2, 0.25) is 0 Å². The Morgan fingerprint density at radius 3 is 2.15 bits per heavy atom. The molecule has 1 unspecified atom stereocenters. The second kappa shape index (κ2) is 8.56. The number of amides is 3. The molecule has 152 valence electrons. The molecule has 0 saturated carbocycles. The van der Waals surface area contributed by atoms with Crippen LogP contribution in [0.3, 0.4) is 0 Å². The lowest BCUT2D eigenvalue weighted by Gasteiger charge is -2.48. The molecular weight excluding hydrogens is 346 g/mol. The lowest BCUT2D eigenvalue weighted by Crippen LogP contribution is -2.64. The quantitative estimate of drug-likeness (QED) is 0.670. The number of carbonyl (C=O) groups is 3. The van der Waals surface area contributed by atoms with Crippen LogP contribution in [0.4, 0.5) is 0 Å². The Kier molecular flexibility index (Phi) is 6.37. The molecule has 3 fully saturated rings. The molecule has 27 heavy (non-hydrogen) atoms. The summed E-state index contributed by atoms with van der Waals surface area (Å²) in [6.07, 6.45) is 6.40. The molecule has 0 aromatic rings. The molecule has 0 bridgehead atoms. The lowest BCUT2D eigenvalue weighted by atomic mass is 9.82. The first-order valence-electron chi connectivity index (χ1n) is 10.3. The summed E-state index contributed by atoms with van der Waals surface area (Å²) in [7, 11) is 0. The van der Waals surface area contributed by atoms with Crippen LogP contribution in [0.15, 0.2) is 0 Å². The van der Waals surface area contributed by atoms with E-state index in [-0.39, 0.29) is 30.2 Å². The van der Waals surface area contributed by atoms with Crippen LogP contribution < -0.4 is 11.5 Å². The number of carbonyl (C=O) groups excluding carboxylic acids is 3. The second-order valence-corrected chi connectivity index (χ2v) is 8.31. The van der Waals surface area contributed by atoms with E-state index >= 15 is 0 Å². The number of hydrogen-bond acceptors (Lipinski definition) is 5. The normalized spacial score (nSPS) is 27.3. The summed E-state index contributed by atoms with van der Waals surface area (Å²) in [5, 5.41) is 0. The Morgan fingerprint density at radius 2 is 1.56 bits per heavy atom. The van der Waals surface area contributed by atoms with Crippen molar-refractivity contribution < 1.29 is 14.4 Å². The summed E-state index contributed by atoms with van der Waals surface area (Å²) in [5.41, 5.74) is 10.5. The Balaban J connectivity index is 1.59. The molecule has 0 aromatic carbocycles. The molecule has 1 atom stereocenters. The standard InChI is InChI=1S/C19H33N5O3/c20-16(25)14-22-8-4-5-15(13-22)17(26)23-11-6-19(7-12-23,18(21)27)24-9-2-1-3-10-24/h15H,1-14H2,(H2,20,25)(H2,21,27). The Labute approximate surface area is 161 Å². The average Bonchev–Trinajstić information content (AvgIpc) is 2.67. The fourth-order valence-electron chi connectivity index (χ4n) is 5.02. The zero-order valence-corrected chi connectivity index (χ0v) is 16.2. The topological polar surface area (TPSA) is 113 Å². The van der Waals surface area contributed by atoms with Gasteiger partial charge in [0.1, 0.15) is 5.54 Å². The third kappa shape index (κ3) is 4.43. The van der Waals surface area contributed by atoms with Crippen molar-refractivity contribution in [3.63, 3.8) is 0 Å². The molecule has 8 heteroatoms. The summed E-state index contributed by atoms with van der Waals surface area (Å²) in [4.78, 5) is 42.6. The van der Waals surface area contributed by atoms with E-state index in [4.69, 9.17) is 11.5 Å². The van der Waals surface area contributed by atoms with Gasteiger partial charge in [0.15, 0.2) is 0 Å². The van der Waals surface area contributed by atoms with Gasteiger partial charge in [0.2, 0.25) is 17.7 Å². The summed E-state index contributed by atoms with van der Waals surface area (Å²) in [5.74, 6) is -0.550. The third-order valence-corrected chi connectivity index (χ3v) is 6.56. The van der Waals surface area contributed by atoms with E-state index in [2.05, 4.69) is 4.90 Å². The molecule has 3 amide bonds. The van der Waals surface area contributed by atoms with E-state index in [1.165, 1.54) is 6.42 Å². The molecule has 3 saturated heterocycles. The first kappa shape index (κ1) is 20.1. The van der Waals surface area contributed by atoms with Crippen molar-refractivity contribution in [3.05, 3.63) is 0 Å². The molecule has 3 heterocycles. The van der Waals surface area contributed by atoms with Gasteiger partial charge < -0.3 is 16.4 Å². The largest absolute Gasteiger partial charge is 0.369 e. The highest BCUT2D eigenvalue weighted by Gasteiger charge is 2.46. The fourth-order valence-corrected chi connectivity index (χ4v) is 5.02. The van der Waals surface area contributed by atoms with Gasteiger partial charge in [-0.1, -0.05) is 6.42 Å². The van der Waals surface area contributed by atoms with Gasteiger partial charge in [0, 0.05) is 19.6 Å². The minimum absolute atomic E-state index is 0.0887. The zero-order chi connectivity index (χ0) is 19.4. The van der Waals surface area contributed by atoms with Gasteiger partial charge in [-0.05, 0) is 58.2 Å². The van der Waals surface area contributed by atoms with E-state index in [1.54, 1.807) is 0 Å². The van der Waals surface area contributed by atoms with Crippen LogP contribution >= 0.6 is 0 Å². The van der Waals surface area contributed by atoms with Crippen LogP contribution in [0.25, 0.3) is 0 Å². The van der Waals surface area contributed by atoms with Crippen molar-refractivity contribution in [2.24, 2.45) is 17.4 Å². The van der Waals surface area contributed by atoms with Gasteiger partial charge in [-0.15, -0.1) is 0 Å². The number of rotatable bonds is 5. The molecule has 0 spiro atoms. The molecule has 0 radical (unpaired) electrons. The Hall–Kier alpha value is -1.67. The van der Waals surface area contributed by atoms with Crippen molar-refractivity contribution in [2.45, 2.75) is 50.5 Å². The maximum absolute atomic E-state index is 13.0. The molecule has 3 aliphatic heterocycles. The van der Waals surface area contributed by atoms with E-state index in [0.717, 1.165) is 45.3 Å². The van der Waals surface area contributed by atoms with Crippen molar-refractivity contribution in [1.82, 2.24) is 14.7 Å². The molecule has 8 nitrogen and oxygen atoms in total. The number of nitrogens with zero attached hydrogens (tertiary/aromatic N) is 3. The maximum atomic E-state index is 13.0. The summed E-state index contributed by atoms with van der Waals surface area (Å²) in [6, 6.07) is 0. The van der Waals surface area contributed by atoms with Crippen molar-refractivity contribution in [3.8, 4) is 0 Å². The summed E-state index contributed by atoms with van der Waals surface area (Å²) < 4.78 is 0. The van der Waals surface area contributed by atoms with Crippen LogP contribution in [-0.4, -0.2) is 83.8 Å². The Bertz CT molecular complexity index is 568. The van der Waals surface area contributed by atoms with Crippen LogP contribution in [0.1, 0.15) is 44.9 Å². The fraction of sp³-hybridized carbons (Fsp3) is 0.842. The number of hydrogen-bond donors (Lipinski definition) is 2. The first-order valence-corrected chi connectivity index (χ1v) is 10.3. The molecule has 3 rings (SSSR count). The monoisotopic (exact) mass is 379 g/mol. The number of piperidine rings is 3. The zero-order valence-electron chi connectivity index (χ0n) is 16.2. The SMILES string of the molecule is NC(=O)CN1CCCC(C(=O)N2CCC(C(N)=O)(N3CCCCC3)CC2)C1. The number of nitrogens with two attached hydrogens (primary N) is 2. The van der Waals surface area contributed by atoms with E-state index < -0.39 is 5.54 Å². The molecular formula is C19H33N5O3. The molecule has 0 aliphatic carbocycles. The van der Waals surface area contributed by atoms with Crippen molar-refractivity contribution >= 4 is 17.7 Å². The number of likely N-dealkylation sites (tertiary alicyclic amines) is 3. The molecule has 0 aromatic heterocycles. The summed E-state index contributed by atoms with van der Waals surface area (Å²) in [6.45, 7) is 4.60. The van der Waals surface area contributed by atoms with Crippen molar-refractivity contribution in [2.75, 3.05) is 45.8 Å². The number of primary amides is 2. The van der Waals surface area contributed by atoms with Crippen LogP contribution in [-0.2, 0) is 14.4 Å². The smallest absolute Gasteiger partial charge is 0.238 e. The van der Waals surface area contributed by atoms with Gasteiger partial charge >= 0.3 is 0 Å². The van der Waals surface area contributed by atoms with Gasteiger partial charge in [-0.25, -0.2) is 0 Å². The summed E-state index contributed by atoms with van der Waals surface area (Å²) >= 11 is 0. The minimum atomic E-state index is -0.595. The van der Waals surface area contributed by atoms with Crippen molar-refractivity contribution in [1.29, 1.82) is 0 Å². The predicted molar refractivity (Wildman–Crippen MR) is 102 cm³/mol. The highest BCUT2D eigenvalue weighted by atomic mass is 16.2. The van der Waals surface area contributed by atoms with Gasteiger partial charge in [0.25, 0.3) is 0 Å². The highest BCUT2D eigenvalue weighted by Crippen LogP contribution is 2.32. The van der Waals surface area contributed by atoms with E-state index in [0.29, 0.717) is 32.5 Å². The predicted octanol–water partition coefficient (Wildman–Crippen LogP) is -0.484. The molecule has 4 N–H and O–H groups in total. The van der Waals surface area contributed by atoms with E-state index in [9.17, 15) is 14.4 Å². The molecule has 3 aliphatic rings. The van der Waals surface area contributed by atoms with Gasteiger partial charge in [-0.3, -0.25) is 24.2 Å². The maximum Gasteiger partial charge on any atom is 0.238 e. The van der Waals surface area contributed by atoms with Crippen LogP contribution in [0.5, 0.6) is 0 Å². The average molecular weight is 380 g/mol. The van der Waals surface area contributed by atoms with Gasteiger partial charge in [0.05, 0.1) is 12.5 Å². The Morgan fingerprint density at radius 1 is 0.889 bits per heavy atom. The highest BCUT2D eigenvalue weighted by molar-refractivity contribution is 5.86. The van der Waals surface area contributed by atoms with Crippen LogP contribution in [0, 0.1) is 5.92 Å². The third-order valence-electron chi connectivity index (χ3n) is 6.56. The van der Waals surface area contributed by atoms with Gasteiger partial charge in [-0.2, -0.15) is 0 Å². The lowest BCUT2D eigenvalue weighted by molar-refractivity contribution is -0.145. The second-order valence-electron chi connectivity index (χ2n) is 8.31. The minimum Gasteiger partial charge on any atom is -0.369 e.